The third-order valence-corrected chi connectivity index (χ3v) is 4.12. The predicted molar refractivity (Wildman–Crippen MR) is 45.7 cm³/mol. The maximum Gasteiger partial charge on any atom is 0.306 e. The van der Waals surface area contributed by atoms with Crippen LogP contribution in [-0.4, -0.2) is 11.1 Å². The van der Waals surface area contributed by atoms with Crippen molar-refractivity contribution < 1.29 is 9.90 Å². The SMILES string of the molecule is CC1C(C(=O)O)CC2CC1(C)C2. The second-order valence-electron chi connectivity index (χ2n) is 4.90. The monoisotopic (exact) mass is 168 g/mol. The summed E-state index contributed by atoms with van der Waals surface area (Å²) >= 11 is 0. The number of carbonyl (C=O) groups is 1. The van der Waals surface area contributed by atoms with E-state index in [0.29, 0.717) is 17.3 Å². The van der Waals surface area contributed by atoms with Gasteiger partial charge in [0.05, 0.1) is 5.92 Å². The molecule has 0 aromatic rings. The highest BCUT2D eigenvalue weighted by Gasteiger charge is 2.53. The molecular weight excluding hydrogens is 152 g/mol. The van der Waals surface area contributed by atoms with Crippen LogP contribution in [0.4, 0.5) is 0 Å². The first-order valence-electron chi connectivity index (χ1n) is 4.76. The molecule has 3 rings (SSSR count). The van der Waals surface area contributed by atoms with E-state index in [1.807, 2.05) is 0 Å². The van der Waals surface area contributed by atoms with Crippen molar-refractivity contribution in [3.63, 3.8) is 0 Å². The van der Waals surface area contributed by atoms with Crippen molar-refractivity contribution in [3.8, 4) is 0 Å². The highest BCUT2D eigenvalue weighted by Crippen LogP contribution is 2.60. The molecule has 3 fully saturated rings. The Bertz CT molecular complexity index is 216. The van der Waals surface area contributed by atoms with E-state index in [4.69, 9.17) is 5.11 Å². The summed E-state index contributed by atoms with van der Waals surface area (Å²) in [7, 11) is 0. The molecule has 12 heavy (non-hydrogen) atoms. The van der Waals surface area contributed by atoms with E-state index in [0.717, 1.165) is 6.42 Å². The molecule has 2 heteroatoms. The van der Waals surface area contributed by atoms with Gasteiger partial charge in [-0.15, -0.1) is 0 Å². The van der Waals surface area contributed by atoms with E-state index < -0.39 is 5.97 Å². The molecule has 68 valence electrons. The molecule has 3 aliphatic carbocycles. The minimum atomic E-state index is -0.585. The van der Waals surface area contributed by atoms with Crippen LogP contribution in [0.3, 0.4) is 0 Å². The molecule has 0 spiro atoms. The van der Waals surface area contributed by atoms with Crippen molar-refractivity contribution in [1.82, 2.24) is 0 Å². The summed E-state index contributed by atoms with van der Waals surface area (Å²) in [5.74, 6) is 0.438. The predicted octanol–water partition coefficient (Wildman–Crippen LogP) is 2.14. The topological polar surface area (TPSA) is 37.3 Å². The van der Waals surface area contributed by atoms with Gasteiger partial charge in [0.2, 0.25) is 0 Å². The Morgan fingerprint density at radius 1 is 1.50 bits per heavy atom. The van der Waals surface area contributed by atoms with E-state index >= 15 is 0 Å². The lowest BCUT2D eigenvalue weighted by molar-refractivity contribution is -0.158. The number of carboxylic acids is 1. The summed E-state index contributed by atoms with van der Waals surface area (Å²) < 4.78 is 0. The molecule has 0 aromatic carbocycles. The lowest BCUT2D eigenvalue weighted by atomic mass is 9.48. The van der Waals surface area contributed by atoms with Crippen LogP contribution in [0, 0.1) is 23.2 Å². The van der Waals surface area contributed by atoms with Gasteiger partial charge in [0.1, 0.15) is 0 Å². The summed E-state index contributed by atoms with van der Waals surface area (Å²) in [5, 5.41) is 8.96. The normalized spacial score (nSPS) is 51.3. The zero-order valence-corrected chi connectivity index (χ0v) is 7.71. The number of rotatable bonds is 1. The molecular formula is C10H16O2. The average molecular weight is 168 g/mol. The van der Waals surface area contributed by atoms with E-state index in [2.05, 4.69) is 13.8 Å². The molecule has 0 saturated heterocycles. The maximum atomic E-state index is 10.9. The highest BCUT2D eigenvalue weighted by atomic mass is 16.4. The Morgan fingerprint density at radius 3 is 2.50 bits per heavy atom. The molecule has 0 amide bonds. The van der Waals surface area contributed by atoms with Crippen molar-refractivity contribution in [2.24, 2.45) is 23.2 Å². The molecule has 1 N–H and O–H groups in total. The molecule has 2 atom stereocenters. The molecule has 0 radical (unpaired) electrons. The Morgan fingerprint density at radius 2 is 2.08 bits per heavy atom. The van der Waals surface area contributed by atoms with Gasteiger partial charge in [-0.3, -0.25) is 4.79 Å². The van der Waals surface area contributed by atoms with Gasteiger partial charge in [0, 0.05) is 0 Å². The molecule has 0 aromatic heterocycles. The minimum absolute atomic E-state index is 0.0671. The first-order chi connectivity index (χ1) is 5.53. The number of carboxylic acid groups (broad SMARTS) is 1. The molecule has 0 aliphatic heterocycles. The third-order valence-electron chi connectivity index (χ3n) is 4.12. The zero-order valence-electron chi connectivity index (χ0n) is 7.71. The quantitative estimate of drug-likeness (QED) is 0.651. The Kier molecular flexibility index (Phi) is 1.51. The van der Waals surface area contributed by atoms with Crippen LogP contribution in [0.1, 0.15) is 33.1 Å². The van der Waals surface area contributed by atoms with E-state index in [1.165, 1.54) is 12.8 Å². The van der Waals surface area contributed by atoms with Crippen molar-refractivity contribution in [3.05, 3.63) is 0 Å². The van der Waals surface area contributed by atoms with Crippen molar-refractivity contribution in [2.75, 3.05) is 0 Å². The largest absolute Gasteiger partial charge is 0.481 e. The first-order valence-corrected chi connectivity index (χ1v) is 4.76. The van der Waals surface area contributed by atoms with E-state index in [1.54, 1.807) is 0 Å². The Hall–Kier alpha value is -0.530. The Balaban J connectivity index is 2.16. The summed E-state index contributed by atoms with van der Waals surface area (Å²) in [6.45, 7) is 4.34. The summed E-state index contributed by atoms with van der Waals surface area (Å²) in [5.41, 5.74) is 0.353. The molecule has 2 bridgehead atoms. The number of hydrogen-bond donors (Lipinski definition) is 1. The molecule has 2 unspecified atom stereocenters. The van der Waals surface area contributed by atoms with Gasteiger partial charge >= 0.3 is 5.97 Å². The molecule has 3 saturated carbocycles. The van der Waals surface area contributed by atoms with Crippen molar-refractivity contribution in [2.45, 2.75) is 33.1 Å². The first kappa shape index (κ1) is 8.09. The smallest absolute Gasteiger partial charge is 0.306 e. The van der Waals surface area contributed by atoms with Gasteiger partial charge in [0.25, 0.3) is 0 Å². The van der Waals surface area contributed by atoms with Gasteiger partial charge in [-0.05, 0) is 36.5 Å². The van der Waals surface area contributed by atoms with Crippen LogP contribution < -0.4 is 0 Å². The number of aliphatic carboxylic acids is 1. The van der Waals surface area contributed by atoms with Crippen LogP contribution in [0.25, 0.3) is 0 Å². The van der Waals surface area contributed by atoms with Gasteiger partial charge in [-0.1, -0.05) is 13.8 Å². The van der Waals surface area contributed by atoms with Crippen LogP contribution >= 0.6 is 0 Å². The lowest BCUT2D eigenvalue weighted by Crippen LogP contribution is -2.51. The minimum Gasteiger partial charge on any atom is -0.481 e. The average Bonchev–Trinajstić information content (AvgIpc) is 1.91. The molecule has 0 heterocycles. The van der Waals surface area contributed by atoms with Crippen LogP contribution in [0.2, 0.25) is 0 Å². The zero-order chi connectivity index (χ0) is 8.93. The summed E-state index contributed by atoms with van der Waals surface area (Å²) in [4.78, 5) is 10.9. The fourth-order valence-corrected chi connectivity index (χ4v) is 3.16. The standard InChI is InChI=1S/C10H16O2/c1-6-8(9(11)12)3-7-4-10(6,2)5-7/h6-8H,3-5H2,1-2H3,(H,11,12). The van der Waals surface area contributed by atoms with Gasteiger partial charge in [-0.25, -0.2) is 0 Å². The molecule has 2 nitrogen and oxygen atoms in total. The van der Waals surface area contributed by atoms with Crippen LogP contribution in [-0.2, 0) is 4.79 Å². The number of fused-ring (bicyclic) bond motifs is 2. The van der Waals surface area contributed by atoms with Crippen molar-refractivity contribution >= 4 is 5.97 Å². The third kappa shape index (κ3) is 0.900. The summed E-state index contributed by atoms with van der Waals surface area (Å²) in [6.07, 6.45) is 3.45. The maximum absolute atomic E-state index is 10.9. The Labute approximate surface area is 73.0 Å². The lowest BCUT2D eigenvalue weighted by Gasteiger charge is -2.57. The second kappa shape index (κ2) is 2.24. The highest BCUT2D eigenvalue weighted by molar-refractivity contribution is 5.70. The molecule has 3 aliphatic rings. The fraction of sp³-hybridized carbons (Fsp3) is 0.900. The van der Waals surface area contributed by atoms with Gasteiger partial charge in [0.15, 0.2) is 0 Å². The summed E-state index contributed by atoms with van der Waals surface area (Å²) in [6, 6.07) is 0. The van der Waals surface area contributed by atoms with Gasteiger partial charge < -0.3 is 5.11 Å². The van der Waals surface area contributed by atoms with Crippen LogP contribution in [0.15, 0.2) is 0 Å². The van der Waals surface area contributed by atoms with Crippen molar-refractivity contribution in [1.29, 1.82) is 0 Å². The van der Waals surface area contributed by atoms with Gasteiger partial charge in [-0.2, -0.15) is 0 Å². The van der Waals surface area contributed by atoms with E-state index in [9.17, 15) is 4.79 Å². The van der Waals surface area contributed by atoms with Crippen LogP contribution in [0.5, 0.6) is 0 Å². The van der Waals surface area contributed by atoms with E-state index in [-0.39, 0.29) is 5.92 Å². The second-order valence-corrected chi connectivity index (χ2v) is 4.90. The fourth-order valence-electron chi connectivity index (χ4n) is 3.16. The number of hydrogen-bond acceptors (Lipinski definition) is 1.